The first-order valence-corrected chi connectivity index (χ1v) is 16.0. The van der Waals surface area contributed by atoms with Gasteiger partial charge in [-0.15, -0.1) is 32.9 Å². The molecule has 1 amide bonds. The Kier molecular flexibility index (Phi) is 9.02. The molecule has 0 unspecified atom stereocenters. The Morgan fingerprint density at radius 3 is 2.37 bits per heavy atom. The van der Waals surface area contributed by atoms with Gasteiger partial charge in [-0.05, 0) is 38.8 Å². The van der Waals surface area contributed by atoms with E-state index in [1.165, 1.54) is 33.5 Å². The van der Waals surface area contributed by atoms with Crippen LogP contribution < -0.4 is 5.32 Å². The second kappa shape index (κ2) is 12.8. The van der Waals surface area contributed by atoms with Crippen LogP contribution in [0, 0.1) is 13.8 Å². The fourth-order valence-corrected chi connectivity index (χ4v) is 7.20. The van der Waals surface area contributed by atoms with E-state index >= 15 is 0 Å². The first kappa shape index (κ1) is 28.8. The Balaban J connectivity index is 1.35. The number of esters is 1. The first-order valence-electron chi connectivity index (χ1n) is 13.3. The number of ether oxygens (including phenoxy) is 1. The Morgan fingerprint density at radius 2 is 1.66 bits per heavy atom. The molecule has 0 aliphatic rings. The maximum absolute atomic E-state index is 13.1. The fourth-order valence-electron chi connectivity index (χ4n) is 4.56. The number of aryl methyl sites for hydroxylation is 2. The van der Waals surface area contributed by atoms with Gasteiger partial charge in [-0.25, -0.2) is 4.79 Å². The Bertz CT molecular complexity index is 1670. The molecule has 0 radical (unpaired) electrons. The summed E-state index contributed by atoms with van der Waals surface area (Å²) in [7, 11) is 0. The third-order valence-electron chi connectivity index (χ3n) is 6.53. The van der Waals surface area contributed by atoms with E-state index in [1.807, 2.05) is 47.2 Å². The second-order valence-electron chi connectivity index (χ2n) is 9.27. The van der Waals surface area contributed by atoms with Crippen LogP contribution in [0.1, 0.15) is 34.6 Å². The van der Waals surface area contributed by atoms with Gasteiger partial charge in [-0.3, -0.25) is 4.79 Å². The average molecular weight is 603 g/mol. The molecule has 0 aliphatic heterocycles. The molecule has 2 aromatic carbocycles. The van der Waals surface area contributed by atoms with Gasteiger partial charge < -0.3 is 14.6 Å². The number of hydrogen-bond donors (Lipinski definition) is 1. The normalized spacial score (nSPS) is 11.0. The molecule has 0 aliphatic carbocycles. The number of hydrogen-bond acceptors (Lipinski definition) is 8. The predicted octanol–water partition coefficient (Wildman–Crippen LogP) is 7.95. The predicted molar refractivity (Wildman–Crippen MR) is 169 cm³/mol. The number of nitrogens with zero attached hydrogens (tertiary/aromatic N) is 3. The van der Waals surface area contributed by atoms with E-state index in [9.17, 15) is 9.59 Å². The van der Waals surface area contributed by atoms with Crippen molar-refractivity contribution in [1.82, 2.24) is 14.8 Å². The van der Waals surface area contributed by atoms with Crippen LogP contribution in [0.25, 0.3) is 33.6 Å². The molecule has 3 aromatic heterocycles. The summed E-state index contributed by atoms with van der Waals surface area (Å²) in [5.74, 6) is 0.208. The number of carbonyl (C=O) groups is 2. The van der Waals surface area contributed by atoms with Gasteiger partial charge in [0.2, 0.25) is 5.91 Å². The number of carbonyl (C=O) groups excluding carboxylic acids is 2. The summed E-state index contributed by atoms with van der Waals surface area (Å²) in [4.78, 5) is 27.1. The number of thioether (sulfide) groups is 1. The van der Waals surface area contributed by atoms with Crippen molar-refractivity contribution in [3.8, 4) is 33.6 Å². The van der Waals surface area contributed by atoms with Crippen molar-refractivity contribution in [3.63, 3.8) is 0 Å². The molecule has 0 fully saturated rings. The van der Waals surface area contributed by atoms with Crippen LogP contribution in [0.2, 0.25) is 0 Å². The summed E-state index contributed by atoms with van der Waals surface area (Å²) >= 11 is 4.33. The summed E-state index contributed by atoms with van der Waals surface area (Å²) in [5, 5.41) is 17.0. The molecule has 10 heteroatoms. The van der Waals surface area contributed by atoms with Crippen LogP contribution in [0.4, 0.5) is 5.00 Å². The molecule has 0 spiro atoms. The zero-order valence-corrected chi connectivity index (χ0v) is 25.7. The van der Waals surface area contributed by atoms with Gasteiger partial charge in [-0.2, -0.15) is 0 Å². The summed E-state index contributed by atoms with van der Waals surface area (Å²) in [5.41, 5.74) is 6.55. The molecular formula is C31H30N4O3S3. The lowest BCUT2D eigenvalue weighted by atomic mass is 10.0. The third kappa shape index (κ3) is 6.14. The maximum atomic E-state index is 13.1. The molecule has 5 rings (SSSR count). The highest BCUT2D eigenvalue weighted by Crippen LogP contribution is 2.40. The van der Waals surface area contributed by atoms with Crippen LogP contribution in [0.5, 0.6) is 0 Å². The number of aromatic nitrogens is 3. The summed E-state index contributed by atoms with van der Waals surface area (Å²) in [6.07, 6.45) is 0. The third-order valence-corrected chi connectivity index (χ3v) is 9.30. The van der Waals surface area contributed by atoms with Gasteiger partial charge in [0.05, 0.1) is 12.4 Å². The highest BCUT2D eigenvalue weighted by Gasteiger charge is 2.24. The average Bonchev–Trinajstić information content (AvgIpc) is 3.69. The smallest absolute Gasteiger partial charge is 0.341 e. The minimum absolute atomic E-state index is 0.118. The molecule has 0 atom stereocenters. The Hall–Kier alpha value is -3.73. The van der Waals surface area contributed by atoms with Crippen molar-refractivity contribution in [3.05, 3.63) is 81.4 Å². The van der Waals surface area contributed by atoms with Crippen molar-refractivity contribution < 1.29 is 14.3 Å². The molecule has 0 bridgehead atoms. The van der Waals surface area contributed by atoms with E-state index in [0.29, 0.717) is 22.3 Å². The molecule has 0 saturated heterocycles. The van der Waals surface area contributed by atoms with E-state index in [2.05, 4.69) is 59.0 Å². The lowest BCUT2D eigenvalue weighted by Crippen LogP contribution is -2.16. The lowest BCUT2D eigenvalue weighted by Gasteiger charge is -2.10. The van der Waals surface area contributed by atoms with Crippen LogP contribution in [-0.4, -0.2) is 39.0 Å². The van der Waals surface area contributed by atoms with E-state index in [-0.39, 0.29) is 18.3 Å². The van der Waals surface area contributed by atoms with Crippen molar-refractivity contribution in [1.29, 1.82) is 0 Å². The number of benzene rings is 2. The number of nitrogens with one attached hydrogen (secondary N) is 1. The zero-order valence-electron chi connectivity index (χ0n) is 23.3. The van der Waals surface area contributed by atoms with Crippen LogP contribution in [0.3, 0.4) is 0 Å². The Morgan fingerprint density at radius 1 is 0.927 bits per heavy atom. The molecule has 41 heavy (non-hydrogen) atoms. The molecular weight excluding hydrogens is 573 g/mol. The van der Waals surface area contributed by atoms with Crippen molar-refractivity contribution in [2.45, 2.75) is 39.4 Å². The quantitative estimate of drug-likeness (QED) is 0.129. The molecule has 3 heterocycles. The lowest BCUT2D eigenvalue weighted by molar-refractivity contribution is -0.113. The van der Waals surface area contributed by atoms with Crippen molar-refractivity contribution in [2.24, 2.45) is 0 Å². The maximum Gasteiger partial charge on any atom is 0.341 e. The highest BCUT2D eigenvalue weighted by atomic mass is 32.2. The van der Waals surface area contributed by atoms with Gasteiger partial charge >= 0.3 is 5.97 Å². The largest absolute Gasteiger partial charge is 0.462 e. The van der Waals surface area contributed by atoms with Crippen molar-refractivity contribution >= 4 is 51.3 Å². The van der Waals surface area contributed by atoms with Gasteiger partial charge in [-0.1, -0.05) is 71.9 Å². The number of anilines is 1. The molecule has 1 N–H and O–H groups in total. The number of rotatable bonds is 10. The van der Waals surface area contributed by atoms with Gasteiger partial charge in [0.25, 0.3) is 0 Å². The first-order chi connectivity index (χ1) is 19.9. The molecule has 7 nitrogen and oxygen atoms in total. The minimum atomic E-state index is -0.457. The van der Waals surface area contributed by atoms with E-state index in [4.69, 9.17) is 4.74 Å². The molecule has 0 saturated carbocycles. The van der Waals surface area contributed by atoms with Crippen LogP contribution >= 0.6 is 34.4 Å². The van der Waals surface area contributed by atoms with Crippen LogP contribution in [0.15, 0.2) is 70.5 Å². The summed E-state index contributed by atoms with van der Waals surface area (Å²) in [6.45, 7) is 8.92. The number of amides is 1. The SMILES string of the molecule is CCOC(=O)c1c(-c2ccccc2)csc1NC(=O)CSc1nnc(-c2csc(C)c2-c2ccc(C)cc2)n1CC. The monoisotopic (exact) mass is 602 g/mol. The second-order valence-corrected chi connectivity index (χ2v) is 12.2. The Labute approximate surface area is 251 Å². The number of thiophene rings is 2. The summed E-state index contributed by atoms with van der Waals surface area (Å²) in [6, 6.07) is 18.1. The van der Waals surface area contributed by atoms with Crippen LogP contribution in [-0.2, 0) is 16.1 Å². The topological polar surface area (TPSA) is 86.1 Å². The van der Waals surface area contributed by atoms with E-state index < -0.39 is 5.97 Å². The fraction of sp³-hybridized carbons (Fsp3) is 0.226. The zero-order chi connectivity index (χ0) is 28.9. The van der Waals surface area contributed by atoms with Crippen molar-refractivity contribution in [2.75, 3.05) is 17.7 Å². The standard InChI is InChI=1S/C31H30N4O3S3/c1-5-35-28(24-17-39-20(4)26(24)22-14-12-19(3)13-15-22)33-34-31(35)41-18-25(36)32-29-27(30(37)38-6-2)23(16-40-29)21-10-8-7-9-11-21/h7-17H,5-6,18H2,1-4H3,(H,32,36). The van der Waals surface area contributed by atoms with Gasteiger partial charge in [0.1, 0.15) is 10.6 Å². The van der Waals surface area contributed by atoms with E-state index in [0.717, 1.165) is 33.6 Å². The van der Waals surface area contributed by atoms with E-state index in [1.54, 1.807) is 18.3 Å². The molecule has 5 aromatic rings. The van der Waals surface area contributed by atoms with Gasteiger partial charge in [0, 0.05) is 38.9 Å². The summed E-state index contributed by atoms with van der Waals surface area (Å²) < 4.78 is 7.36. The van der Waals surface area contributed by atoms with Gasteiger partial charge in [0.15, 0.2) is 11.0 Å². The highest BCUT2D eigenvalue weighted by molar-refractivity contribution is 7.99. The minimum Gasteiger partial charge on any atom is -0.462 e. The molecule has 210 valence electrons.